The summed E-state index contributed by atoms with van der Waals surface area (Å²) in [7, 11) is 0. The van der Waals surface area contributed by atoms with Gasteiger partial charge in [0.05, 0.1) is 18.7 Å². The lowest BCUT2D eigenvalue weighted by Crippen LogP contribution is -2.61. The Morgan fingerprint density at radius 3 is 1.56 bits per heavy atom. The van der Waals surface area contributed by atoms with Crippen molar-refractivity contribution >= 4 is 70.1 Å². The number of aliphatic hydroxyl groups is 1. The number of benzene rings is 1. The monoisotopic (exact) mass is 1010 g/mol. The Balaban J connectivity index is 2.37. The van der Waals surface area contributed by atoms with Gasteiger partial charge in [-0.15, -0.1) is 0 Å². The molecule has 1 aromatic heterocycles. The van der Waals surface area contributed by atoms with Gasteiger partial charge in [0.2, 0.25) is 47.3 Å². The highest BCUT2D eigenvalue weighted by molar-refractivity contribution is 5.98. The molecule has 23 heteroatoms. The Kier molecular flexibility index (Phi) is 25.3. The van der Waals surface area contributed by atoms with E-state index < -0.39 is 139 Å². The van der Waals surface area contributed by atoms with Crippen LogP contribution in [-0.4, -0.2) is 140 Å². The first kappa shape index (κ1) is 61.5. The van der Waals surface area contributed by atoms with E-state index in [1.165, 1.54) is 13.8 Å². The molecule has 0 radical (unpaired) electrons. The number of hydrogen-bond donors (Lipinski definition) is 13. The van der Waals surface area contributed by atoms with Crippen molar-refractivity contribution in [2.24, 2.45) is 29.4 Å². The summed E-state index contributed by atoms with van der Waals surface area (Å²) in [5.74, 6) is -10.1. The predicted molar refractivity (Wildman–Crippen MR) is 266 cm³/mol. The van der Waals surface area contributed by atoms with E-state index in [0.717, 1.165) is 0 Å². The number of aliphatic carboxylic acids is 2. The highest BCUT2D eigenvalue weighted by atomic mass is 16.4. The van der Waals surface area contributed by atoms with Gasteiger partial charge in [0.25, 0.3) is 0 Å². The largest absolute Gasteiger partial charge is 0.481 e. The number of amides is 8. The van der Waals surface area contributed by atoms with Crippen molar-refractivity contribution in [2.45, 2.75) is 169 Å². The van der Waals surface area contributed by atoms with E-state index in [0.29, 0.717) is 22.9 Å². The minimum atomic E-state index is -1.67. The summed E-state index contributed by atoms with van der Waals surface area (Å²) in [6, 6.07) is -3.35. The first-order chi connectivity index (χ1) is 33.6. The number of fused-ring (bicyclic) bond motifs is 1. The molecule has 0 aliphatic heterocycles. The van der Waals surface area contributed by atoms with Crippen molar-refractivity contribution in [3.63, 3.8) is 0 Å². The number of carbonyl (C=O) groups is 10. The lowest BCUT2D eigenvalue weighted by atomic mass is 9.98. The predicted octanol–water partition coefficient (Wildman–Crippen LogP) is 0.0820. The topological polar surface area (TPSA) is 369 Å². The summed E-state index contributed by atoms with van der Waals surface area (Å²) in [4.78, 5) is 135. The molecular weight excluding hydrogens is 937 g/mol. The molecule has 0 bridgehead atoms. The molecule has 0 saturated carbocycles. The molecular formula is C49H78N10O13. The van der Waals surface area contributed by atoms with Crippen LogP contribution in [0.5, 0.6) is 0 Å². The number of H-pyrrole nitrogens is 1. The van der Waals surface area contributed by atoms with Crippen LogP contribution in [0.4, 0.5) is 0 Å². The lowest BCUT2D eigenvalue weighted by Gasteiger charge is -2.28. The third-order valence-electron chi connectivity index (χ3n) is 11.7. The Morgan fingerprint density at radius 1 is 0.583 bits per heavy atom. The van der Waals surface area contributed by atoms with Crippen LogP contribution < -0.4 is 48.3 Å². The summed E-state index contributed by atoms with van der Waals surface area (Å²) in [5.41, 5.74) is 6.96. The van der Waals surface area contributed by atoms with Crippen molar-refractivity contribution < 1.29 is 63.3 Å². The van der Waals surface area contributed by atoms with E-state index >= 15 is 0 Å². The van der Waals surface area contributed by atoms with Gasteiger partial charge in [0.15, 0.2) is 0 Å². The zero-order valence-electron chi connectivity index (χ0n) is 43.1. The van der Waals surface area contributed by atoms with Crippen LogP contribution in [0.2, 0.25) is 0 Å². The number of aromatic amines is 1. The summed E-state index contributed by atoms with van der Waals surface area (Å²) in [6.45, 7) is 16.2. The van der Waals surface area contributed by atoms with Crippen LogP contribution in [0.15, 0.2) is 30.5 Å². The van der Waals surface area contributed by atoms with Gasteiger partial charge in [-0.05, 0) is 74.8 Å². The van der Waals surface area contributed by atoms with Crippen LogP contribution in [0, 0.1) is 23.7 Å². The van der Waals surface area contributed by atoms with E-state index in [2.05, 4.69) is 47.5 Å². The Morgan fingerprint density at radius 2 is 1.06 bits per heavy atom. The average Bonchev–Trinajstić information content (AvgIpc) is 3.70. The van der Waals surface area contributed by atoms with E-state index in [-0.39, 0.29) is 43.4 Å². The van der Waals surface area contributed by atoms with Gasteiger partial charge in [-0.3, -0.25) is 43.2 Å². The molecule has 8 amide bonds. The fraction of sp³-hybridized carbons (Fsp3) is 0.633. The molecule has 1 aromatic carbocycles. The summed E-state index contributed by atoms with van der Waals surface area (Å²) in [6.07, 6.45) is -0.341. The van der Waals surface area contributed by atoms with Crippen LogP contribution in [0.1, 0.15) is 113 Å². The van der Waals surface area contributed by atoms with Gasteiger partial charge >= 0.3 is 11.9 Å². The first-order valence-electron chi connectivity index (χ1n) is 24.5. The molecule has 23 nitrogen and oxygen atoms in total. The van der Waals surface area contributed by atoms with E-state index in [1.54, 1.807) is 58.2 Å². The van der Waals surface area contributed by atoms with Crippen molar-refractivity contribution in [3.8, 4) is 0 Å². The van der Waals surface area contributed by atoms with Gasteiger partial charge in [-0.2, -0.15) is 0 Å². The molecule has 0 unspecified atom stereocenters. The van der Waals surface area contributed by atoms with Crippen molar-refractivity contribution in [1.82, 2.24) is 47.5 Å². The zero-order chi connectivity index (χ0) is 54.6. The molecule has 402 valence electrons. The molecule has 2 aromatic rings. The second-order valence-corrected chi connectivity index (χ2v) is 19.7. The average molecular weight is 1020 g/mol. The van der Waals surface area contributed by atoms with Crippen molar-refractivity contribution in [1.29, 1.82) is 0 Å². The number of nitrogens with two attached hydrogens (primary N) is 1. The zero-order valence-corrected chi connectivity index (χ0v) is 43.1. The fourth-order valence-corrected chi connectivity index (χ4v) is 7.61. The number of rotatable bonds is 31. The lowest BCUT2D eigenvalue weighted by molar-refractivity contribution is -0.144. The molecule has 0 aliphatic rings. The molecule has 2 rings (SSSR count). The molecule has 0 aliphatic carbocycles. The fourth-order valence-electron chi connectivity index (χ4n) is 7.61. The molecule has 14 N–H and O–H groups in total. The third-order valence-corrected chi connectivity index (χ3v) is 11.7. The van der Waals surface area contributed by atoms with Gasteiger partial charge < -0.3 is 68.6 Å². The second kappa shape index (κ2) is 29.7. The maximum Gasteiger partial charge on any atom is 0.326 e. The number of aliphatic hydroxyl groups excluding tert-OH is 1. The van der Waals surface area contributed by atoms with Crippen LogP contribution in [-0.2, 0) is 54.4 Å². The minimum absolute atomic E-state index is 0.0126. The summed E-state index contributed by atoms with van der Waals surface area (Å²) < 4.78 is 0. The molecule has 10 atom stereocenters. The molecule has 0 saturated heterocycles. The highest BCUT2D eigenvalue weighted by Crippen LogP contribution is 2.20. The number of nitrogens with one attached hydrogen (secondary N) is 9. The second-order valence-electron chi connectivity index (χ2n) is 19.7. The van der Waals surface area contributed by atoms with Crippen molar-refractivity contribution in [2.75, 3.05) is 6.54 Å². The summed E-state index contributed by atoms with van der Waals surface area (Å²) in [5, 5.41) is 50.9. The van der Waals surface area contributed by atoms with E-state index in [4.69, 9.17) is 5.73 Å². The third kappa shape index (κ3) is 20.6. The van der Waals surface area contributed by atoms with Crippen LogP contribution in [0.3, 0.4) is 0 Å². The maximum atomic E-state index is 14.3. The van der Waals surface area contributed by atoms with E-state index in [1.807, 2.05) is 27.7 Å². The molecule has 0 spiro atoms. The van der Waals surface area contributed by atoms with Gasteiger partial charge in [-0.25, -0.2) is 4.79 Å². The number of carboxylic acids is 2. The maximum absolute atomic E-state index is 14.3. The molecule has 0 fully saturated rings. The number of hydrogen-bond acceptors (Lipinski definition) is 12. The van der Waals surface area contributed by atoms with Crippen LogP contribution in [0.25, 0.3) is 10.9 Å². The quantitative estimate of drug-likeness (QED) is 0.0476. The van der Waals surface area contributed by atoms with E-state index in [9.17, 15) is 63.3 Å². The number of carboxylic acid groups (broad SMARTS) is 2. The first-order valence-corrected chi connectivity index (χ1v) is 24.5. The Hall–Kier alpha value is -6.62. The van der Waals surface area contributed by atoms with Gasteiger partial charge in [0, 0.05) is 29.9 Å². The van der Waals surface area contributed by atoms with Gasteiger partial charge in [-0.1, -0.05) is 80.0 Å². The smallest absolute Gasteiger partial charge is 0.326 e. The number of para-hydroxylation sites is 1. The highest BCUT2D eigenvalue weighted by Gasteiger charge is 2.36. The summed E-state index contributed by atoms with van der Waals surface area (Å²) >= 11 is 0. The standard InChI is InChI=1S/C49H78N10O13/c1-11-27(8)40(49(71)72)59-44(66)33(16-17-39(62)63)53-47(69)37(21-30-22-51-32-15-13-12-14-31(30)32)56-46(68)36(20-26(6)7)57-48(70)41(29(10)60)58-38(61)23-52-43(65)34(18-24(2)3)55-45(67)35(19-25(4)5)54-42(64)28(9)50/h12-15,22,24-29,33-37,40-41,51,60H,11,16-21,23,50H2,1-10H3,(H,52,65)(H,53,69)(H,54,64)(H,55,67)(H,56,68)(H,57,70)(H,58,61)(H,59,66)(H,62,63)(H,71,72)/t27-,28-,29+,33-,34-,35-,36-,37-,40-,41-/m0/s1. The molecule has 72 heavy (non-hydrogen) atoms. The van der Waals surface area contributed by atoms with Gasteiger partial charge in [0.1, 0.15) is 42.3 Å². The SMILES string of the molecule is CC[C@H](C)[C@H](NC(=O)[C@H](CCC(=O)O)NC(=O)[C@H](Cc1c[nH]c2ccccc12)NC(=O)[C@H](CC(C)C)NC(=O)[C@@H](NC(=O)CNC(=O)[C@H](CC(C)C)NC(=O)[C@H](CC(C)C)NC(=O)[C@H](C)N)[C@@H](C)O)C(=O)O. The number of carbonyl (C=O) groups excluding carboxylic acids is 8. The Labute approximate surface area is 420 Å². The number of aromatic nitrogens is 1. The molecule has 1 heterocycles. The normalized spacial score (nSPS) is 15.6. The minimum Gasteiger partial charge on any atom is -0.481 e. The van der Waals surface area contributed by atoms with Crippen LogP contribution >= 0.6 is 0 Å². The Bertz CT molecular complexity index is 2190. The van der Waals surface area contributed by atoms with Crippen molar-refractivity contribution in [3.05, 3.63) is 36.0 Å².